The molecule has 2 aromatic carbocycles. The fourth-order valence-electron chi connectivity index (χ4n) is 2.76. The van der Waals surface area contributed by atoms with Crippen LogP contribution in [0.4, 0.5) is 10.8 Å². The van der Waals surface area contributed by atoms with Crippen LogP contribution < -0.4 is 14.8 Å². The molecule has 1 N–H and O–H groups in total. The summed E-state index contributed by atoms with van der Waals surface area (Å²) in [6.07, 6.45) is 0. The highest BCUT2D eigenvalue weighted by Gasteiger charge is 2.15. The zero-order valence-electron chi connectivity index (χ0n) is 17.1. The summed E-state index contributed by atoms with van der Waals surface area (Å²) in [5.74, 6) is 3.02. The van der Waals surface area contributed by atoms with Gasteiger partial charge in [0, 0.05) is 0 Å². The van der Waals surface area contributed by atoms with Crippen molar-refractivity contribution in [2.45, 2.75) is 23.9 Å². The lowest BCUT2D eigenvalue weighted by molar-refractivity contribution is 0.341. The number of thioether (sulfide) groups is 1. The molecule has 0 bridgehead atoms. The van der Waals surface area contributed by atoms with E-state index in [2.05, 4.69) is 25.7 Å². The highest BCUT2D eigenvalue weighted by atomic mass is 32.2. The average molecular weight is 456 g/mol. The molecule has 0 fully saturated rings. The van der Waals surface area contributed by atoms with Crippen molar-refractivity contribution in [2.75, 3.05) is 18.5 Å². The summed E-state index contributed by atoms with van der Waals surface area (Å²) in [6.45, 7) is 5.06. The van der Waals surface area contributed by atoms with E-state index in [-0.39, 0.29) is 0 Å². The third-order valence-electron chi connectivity index (χ3n) is 4.05. The Morgan fingerprint density at radius 2 is 1.71 bits per heavy atom. The Labute approximate surface area is 188 Å². The maximum Gasteiger partial charge on any atom is 0.237 e. The molecule has 2 aromatic heterocycles. The monoisotopic (exact) mass is 455 g/mol. The third-order valence-corrected chi connectivity index (χ3v) is 6.01. The van der Waals surface area contributed by atoms with Crippen LogP contribution in [0.3, 0.4) is 0 Å². The predicted octanol–water partition coefficient (Wildman–Crippen LogP) is 5.42. The summed E-state index contributed by atoms with van der Waals surface area (Å²) in [6, 6.07) is 15.4. The van der Waals surface area contributed by atoms with Crippen LogP contribution >= 0.6 is 23.1 Å². The van der Waals surface area contributed by atoms with Gasteiger partial charge in [0.05, 0.1) is 30.2 Å². The van der Waals surface area contributed by atoms with Gasteiger partial charge in [0.1, 0.15) is 11.5 Å². The number of rotatable bonds is 10. The van der Waals surface area contributed by atoms with E-state index in [1.54, 1.807) is 0 Å². The second kappa shape index (κ2) is 10.3. The topological polar surface area (TPSA) is 95.2 Å². The molecule has 0 saturated heterocycles. The van der Waals surface area contributed by atoms with E-state index in [1.165, 1.54) is 23.1 Å². The Morgan fingerprint density at radius 1 is 0.968 bits per heavy atom. The van der Waals surface area contributed by atoms with Gasteiger partial charge in [0.2, 0.25) is 16.8 Å². The molecule has 0 unspecified atom stereocenters. The largest absolute Gasteiger partial charge is 0.493 e. The van der Waals surface area contributed by atoms with E-state index in [9.17, 15) is 0 Å². The van der Waals surface area contributed by atoms with Crippen molar-refractivity contribution in [3.05, 3.63) is 54.4 Å². The first kappa shape index (κ1) is 21.1. The van der Waals surface area contributed by atoms with Gasteiger partial charge in [-0.1, -0.05) is 52.5 Å². The van der Waals surface area contributed by atoms with Crippen LogP contribution in [0.15, 0.2) is 57.4 Å². The van der Waals surface area contributed by atoms with Crippen LogP contribution in [0.1, 0.15) is 19.7 Å². The van der Waals surface area contributed by atoms with Crippen molar-refractivity contribution in [1.29, 1.82) is 0 Å². The van der Waals surface area contributed by atoms with Gasteiger partial charge in [-0.15, -0.1) is 10.2 Å². The number of benzene rings is 2. The minimum atomic E-state index is 0.494. The van der Waals surface area contributed by atoms with Gasteiger partial charge in [0.25, 0.3) is 0 Å². The van der Waals surface area contributed by atoms with Gasteiger partial charge in [-0.2, -0.15) is 4.98 Å². The van der Waals surface area contributed by atoms with Crippen molar-refractivity contribution in [3.8, 4) is 22.9 Å². The zero-order chi connectivity index (χ0) is 21.5. The summed E-state index contributed by atoms with van der Waals surface area (Å²) in [4.78, 5) is 4.49. The lowest BCUT2D eigenvalue weighted by Gasteiger charge is -2.09. The van der Waals surface area contributed by atoms with Gasteiger partial charge in [-0.05, 0) is 38.1 Å². The summed E-state index contributed by atoms with van der Waals surface area (Å²) < 4.78 is 17.5. The van der Waals surface area contributed by atoms with Crippen molar-refractivity contribution in [1.82, 2.24) is 20.3 Å². The minimum absolute atomic E-state index is 0.494. The fourth-order valence-corrected chi connectivity index (χ4v) is 4.37. The second-order valence-corrected chi connectivity index (χ2v) is 8.36. The molecule has 31 heavy (non-hydrogen) atoms. The van der Waals surface area contributed by atoms with Gasteiger partial charge >= 0.3 is 0 Å². The SMILES string of the molecule is CCOc1ccccc1Nc1nnc(SCc2nc(-c3ccccc3OCC)no2)s1. The molecular weight excluding hydrogens is 434 g/mol. The van der Waals surface area contributed by atoms with Gasteiger partial charge in [-0.25, -0.2) is 0 Å². The van der Waals surface area contributed by atoms with Crippen LogP contribution in [0, 0.1) is 0 Å². The normalized spacial score (nSPS) is 10.8. The molecule has 0 radical (unpaired) electrons. The van der Waals surface area contributed by atoms with Crippen LogP contribution in [-0.2, 0) is 5.75 Å². The summed E-state index contributed by atoms with van der Waals surface area (Å²) in [7, 11) is 0. The molecule has 0 aliphatic rings. The Bertz CT molecular complexity index is 1130. The zero-order valence-corrected chi connectivity index (χ0v) is 18.7. The van der Waals surface area contributed by atoms with Crippen LogP contribution in [0.2, 0.25) is 0 Å². The smallest absolute Gasteiger partial charge is 0.237 e. The summed E-state index contributed by atoms with van der Waals surface area (Å²) in [5, 5.41) is 16.5. The first-order chi connectivity index (χ1) is 15.3. The van der Waals surface area contributed by atoms with Crippen molar-refractivity contribution in [3.63, 3.8) is 0 Å². The number of para-hydroxylation sites is 3. The maximum atomic E-state index is 5.65. The molecule has 4 rings (SSSR count). The average Bonchev–Trinajstić information content (AvgIpc) is 3.44. The van der Waals surface area contributed by atoms with E-state index < -0.39 is 0 Å². The molecule has 0 amide bonds. The lowest BCUT2D eigenvalue weighted by atomic mass is 10.2. The van der Waals surface area contributed by atoms with Gasteiger partial charge in [0.15, 0.2) is 4.34 Å². The van der Waals surface area contributed by atoms with Crippen LogP contribution in [0.25, 0.3) is 11.4 Å². The highest BCUT2D eigenvalue weighted by Crippen LogP contribution is 2.33. The molecule has 0 aliphatic heterocycles. The number of aromatic nitrogens is 4. The molecule has 8 nitrogen and oxygen atoms in total. The molecule has 2 heterocycles. The van der Waals surface area contributed by atoms with Crippen LogP contribution in [-0.4, -0.2) is 33.6 Å². The third kappa shape index (κ3) is 5.33. The second-order valence-electron chi connectivity index (χ2n) is 6.16. The Morgan fingerprint density at radius 3 is 2.55 bits per heavy atom. The molecule has 0 spiro atoms. The van der Waals surface area contributed by atoms with Crippen LogP contribution in [0.5, 0.6) is 11.5 Å². The molecule has 4 aromatic rings. The molecule has 0 atom stereocenters. The number of nitrogens with zero attached hydrogens (tertiary/aromatic N) is 4. The number of anilines is 2. The van der Waals surface area contributed by atoms with Crippen molar-refractivity contribution in [2.24, 2.45) is 0 Å². The standard InChI is InChI=1S/C21H21N5O3S2/c1-3-27-16-11-7-5-9-14(16)19-23-18(29-26-19)13-30-21-25-24-20(31-21)22-15-10-6-8-12-17(15)28-4-2/h5-12H,3-4,13H2,1-2H3,(H,22,24). The summed E-state index contributed by atoms with van der Waals surface area (Å²) in [5.41, 5.74) is 1.66. The number of nitrogens with one attached hydrogen (secondary N) is 1. The fraction of sp³-hybridized carbons (Fsp3) is 0.238. The minimum Gasteiger partial charge on any atom is -0.493 e. The van der Waals surface area contributed by atoms with E-state index in [1.807, 2.05) is 62.4 Å². The molecule has 160 valence electrons. The highest BCUT2D eigenvalue weighted by molar-refractivity contribution is 8.00. The van der Waals surface area contributed by atoms with E-state index >= 15 is 0 Å². The van der Waals surface area contributed by atoms with E-state index in [0.29, 0.717) is 35.8 Å². The summed E-state index contributed by atoms with van der Waals surface area (Å²) >= 11 is 2.94. The number of ether oxygens (including phenoxy) is 2. The predicted molar refractivity (Wildman–Crippen MR) is 121 cm³/mol. The molecule has 0 saturated carbocycles. The van der Waals surface area contributed by atoms with Crippen molar-refractivity contribution >= 4 is 33.9 Å². The molecular formula is C21H21N5O3S2. The van der Waals surface area contributed by atoms with Gasteiger partial charge in [-0.3, -0.25) is 0 Å². The number of hydrogen-bond acceptors (Lipinski definition) is 10. The first-order valence-corrected chi connectivity index (χ1v) is 11.6. The molecule has 0 aliphatic carbocycles. The molecule has 10 heteroatoms. The van der Waals surface area contributed by atoms with E-state index in [0.717, 1.165) is 27.1 Å². The first-order valence-electron chi connectivity index (χ1n) is 9.76. The lowest BCUT2D eigenvalue weighted by Crippen LogP contribution is -1.97. The Kier molecular flexibility index (Phi) is 7.00. The van der Waals surface area contributed by atoms with Gasteiger partial charge < -0.3 is 19.3 Å². The maximum absolute atomic E-state index is 5.65. The van der Waals surface area contributed by atoms with Crippen molar-refractivity contribution < 1.29 is 14.0 Å². The Balaban J connectivity index is 1.39. The van der Waals surface area contributed by atoms with E-state index in [4.69, 9.17) is 14.0 Å². The number of hydrogen-bond donors (Lipinski definition) is 1. The Hall–Kier alpha value is -3.11. The quantitative estimate of drug-likeness (QED) is 0.314.